The van der Waals surface area contributed by atoms with Crippen LogP contribution >= 0.6 is 0 Å². The van der Waals surface area contributed by atoms with Gasteiger partial charge in [-0.3, -0.25) is 0 Å². The molecule has 0 saturated carbocycles. The Hall–Kier alpha value is -4.12. The summed E-state index contributed by atoms with van der Waals surface area (Å²) in [6.07, 6.45) is 10.3. The molecule has 2 aromatic carbocycles. The van der Waals surface area contributed by atoms with Gasteiger partial charge in [-0.15, -0.1) is 0 Å². The van der Waals surface area contributed by atoms with E-state index in [0.717, 1.165) is 40.7 Å². The maximum absolute atomic E-state index is 5.70. The Morgan fingerprint density at radius 3 is 1.90 bits per heavy atom. The van der Waals surface area contributed by atoms with E-state index in [1.165, 1.54) is 0 Å². The molecule has 0 aliphatic heterocycles. The van der Waals surface area contributed by atoms with Crippen LogP contribution in [0.3, 0.4) is 0 Å². The lowest BCUT2D eigenvalue weighted by Gasteiger charge is -2.11. The van der Waals surface area contributed by atoms with Crippen molar-refractivity contribution < 1.29 is 0 Å². The van der Waals surface area contributed by atoms with E-state index in [4.69, 9.17) is 20.7 Å². The third-order valence-electron chi connectivity index (χ3n) is 5.18. The van der Waals surface area contributed by atoms with Crippen LogP contribution in [0.4, 0.5) is 5.82 Å². The number of hydrogen-bond acceptors (Lipinski definition) is 5. The van der Waals surface area contributed by atoms with Crippen molar-refractivity contribution in [3.05, 3.63) is 97.0 Å². The minimum Gasteiger partial charge on any atom is -0.384 e. The molecular formula is C26H21N5. The van der Waals surface area contributed by atoms with Crippen LogP contribution in [0.2, 0.25) is 0 Å². The van der Waals surface area contributed by atoms with E-state index < -0.39 is 0 Å². The number of nitrogens with zero attached hydrogens (tertiary/aromatic N) is 4. The second kappa shape index (κ2) is 8.32. The molecule has 0 fully saturated rings. The highest BCUT2D eigenvalue weighted by atomic mass is 15.0. The van der Waals surface area contributed by atoms with Gasteiger partial charge in [0.2, 0.25) is 0 Å². The number of anilines is 1. The molecule has 2 aromatic heterocycles. The van der Waals surface area contributed by atoms with Crippen molar-refractivity contribution in [2.45, 2.75) is 12.8 Å². The second-order valence-electron chi connectivity index (χ2n) is 7.36. The molecule has 31 heavy (non-hydrogen) atoms. The van der Waals surface area contributed by atoms with Crippen LogP contribution < -0.4 is 5.73 Å². The highest BCUT2D eigenvalue weighted by Gasteiger charge is 2.13. The lowest BCUT2D eigenvalue weighted by molar-refractivity contribution is 1.01. The Kier molecular flexibility index (Phi) is 5.07. The zero-order valence-electron chi connectivity index (χ0n) is 16.9. The van der Waals surface area contributed by atoms with Gasteiger partial charge in [-0.2, -0.15) is 0 Å². The van der Waals surface area contributed by atoms with Gasteiger partial charge in [-0.1, -0.05) is 72.8 Å². The van der Waals surface area contributed by atoms with Crippen molar-refractivity contribution in [2.24, 2.45) is 0 Å². The Labute approximate surface area is 181 Å². The van der Waals surface area contributed by atoms with Crippen LogP contribution in [0.25, 0.3) is 39.5 Å². The molecule has 0 amide bonds. The minimum absolute atomic E-state index is 0.512. The first-order chi connectivity index (χ1) is 15.3. The Balaban J connectivity index is 1.57. The van der Waals surface area contributed by atoms with Gasteiger partial charge >= 0.3 is 0 Å². The first kappa shape index (κ1) is 18.9. The van der Waals surface area contributed by atoms with Crippen LogP contribution in [0.15, 0.2) is 91.2 Å². The van der Waals surface area contributed by atoms with Crippen LogP contribution in [-0.4, -0.2) is 19.9 Å². The standard InChI is InChI=1S/C26H21N5/c27-23-16-15-22(17-28-23)18-11-13-21(14-12-18)26-30-24(19-7-3-1-4-8-19)29-25(31-26)20-9-5-2-6-10-20/h1,3-5,7-17H,2,6H2,(H2,27,28). The highest BCUT2D eigenvalue weighted by molar-refractivity contribution is 5.74. The number of nitrogen functional groups attached to an aromatic ring is 1. The number of pyridine rings is 1. The van der Waals surface area contributed by atoms with Gasteiger partial charge in [0.1, 0.15) is 5.82 Å². The lowest BCUT2D eigenvalue weighted by Crippen LogP contribution is -2.03. The fourth-order valence-electron chi connectivity index (χ4n) is 3.52. The molecule has 5 heteroatoms. The van der Waals surface area contributed by atoms with E-state index in [2.05, 4.69) is 23.2 Å². The molecule has 0 unspecified atom stereocenters. The third kappa shape index (κ3) is 4.12. The van der Waals surface area contributed by atoms with Crippen LogP contribution in [-0.2, 0) is 0 Å². The van der Waals surface area contributed by atoms with Gasteiger partial charge in [0, 0.05) is 28.5 Å². The van der Waals surface area contributed by atoms with E-state index >= 15 is 0 Å². The number of nitrogens with two attached hydrogens (primary N) is 1. The van der Waals surface area contributed by atoms with Crippen molar-refractivity contribution in [2.75, 3.05) is 5.73 Å². The molecule has 0 bridgehead atoms. The Morgan fingerprint density at radius 2 is 1.26 bits per heavy atom. The number of hydrogen-bond donors (Lipinski definition) is 1. The molecule has 5 rings (SSSR count). The summed E-state index contributed by atoms with van der Waals surface area (Å²) in [5.74, 6) is 2.54. The summed E-state index contributed by atoms with van der Waals surface area (Å²) in [7, 11) is 0. The molecule has 0 radical (unpaired) electrons. The molecule has 1 aliphatic carbocycles. The van der Waals surface area contributed by atoms with E-state index in [9.17, 15) is 0 Å². The summed E-state index contributed by atoms with van der Waals surface area (Å²) in [4.78, 5) is 18.5. The molecule has 1 aliphatic rings. The predicted octanol–water partition coefficient (Wildman–Crippen LogP) is 5.58. The first-order valence-corrected chi connectivity index (χ1v) is 10.3. The maximum atomic E-state index is 5.70. The van der Waals surface area contributed by atoms with E-state index in [-0.39, 0.29) is 0 Å². The van der Waals surface area contributed by atoms with Gasteiger partial charge < -0.3 is 5.73 Å². The van der Waals surface area contributed by atoms with Crippen molar-refractivity contribution in [1.82, 2.24) is 19.9 Å². The third-order valence-corrected chi connectivity index (χ3v) is 5.18. The summed E-state index contributed by atoms with van der Waals surface area (Å²) < 4.78 is 0. The summed E-state index contributed by atoms with van der Waals surface area (Å²) in [5.41, 5.74) is 10.7. The van der Waals surface area contributed by atoms with Gasteiger partial charge in [-0.05, 0) is 30.5 Å². The van der Waals surface area contributed by atoms with Crippen molar-refractivity contribution in [3.8, 4) is 33.9 Å². The van der Waals surface area contributed by atoms with Gasteiger partial charge in [0.05, 0.1) is 0 Å². The van der Waals surface area contributed by atoms with Crippen LogP contribution in [0.5, 0.6) is 0 Å². The fraction of sp³-hybridized carbons (Fsp3) is 0.0769. The van der Waals surface area contributed by atoms with Gasteiger partial charge in [-0.25, -0.2) is 19.9 Å². The zero-order chi connectivity index (χ0) is 21.0. The Bertz CT molecular complexity index is 1260. The Morgan fingerprint density at radius 1 is 0.613 bits per heavy atom. The lowest BCUT2D eigenvalue weighted by atomic mass is 10.0. The first-order valence-electron chi connectivity index (χ1n) is 10.3. The monoisotopic (exact) mass is 403 g/mol. The summed E-state index contributed by atoms with van der Waals surface area (Å²) >= 11 is 0. The van der Waals surface area contributed by atoms with Crippen molar-refractivity contribution >= 4 is 11.4 Å². The van der Waals surface area contributed by atoms with E-state index in [1.807, 2.05) is 60.7 Å². The van der Waals surface area contributed by atoms with Crippen molar-refractivity contribution in [3.63, 3.8) is 0 Å². The van der Waals surface area contributed by atoms with Crippen molar-refractivity contribution in [1.29, 1.82) is 0 Å². The molecule has 2 N–H and O–H groups in total. The van der Waals surface area contributed by atoms with Crippen LogP contribution in [0, 0.1) is 0 Å². The quantitative estimate of drug-likeness (QED) is 0.481. The average molecular weight is 403 g/mol. The summed E-state index contributed by atoms with van der Waals surface area (Å²) in [6.45, 7) is 0. The van der Waals surface area contributed by atoms with Crippen LogP contribution in [0.1, 0.15) is 18.7 Å². The SMILES string of the molecule is Nc1ccc(-c2ccc(-c3nc(C4=CCCC=C4)nc(-c4ccccc4)n3)cc2)cn1. The minimum atomic E-state index is 0.512. The molecule has 4 aromatic rings. The van der Waals surface area contributed by atoms with E-state index in [0.29, 0.717) is 23.3 Å². The molecule has 0 atom stereocenters. The molecule has 5 nitrogen and oxygen atoms in total. The fourth-order valence-corrected chi connectivity index (χ4v) is 3.52. The largest absolute Gasteiger partial charge is 0.384 e. The summed E-state index contributed by atoms with van der Waals surface area (Å²) in [5, 5.41) is 0. The molecule has 0 spiro atoms. The number of allylic oxidation sites excluding steroid dienone is 4. The molecule has 150 valence electrons. The predicted molar refractivity (Wildman–Crippen MR) is 125 cm³/mol. The normalized spacial score (nSPS) is 13.1. The smallest absolute Gasteiger partial charge is 0.164 e. The number of benzene rings is 2. The zero-order valence-corrected chi connectivity index (χ0v) is 16.9. The molecule has 2 heterocycles. The second-order valence-corrected chi connectivity index (χ2v) is 7.36. The average Bonchev–Trinajstić information content (AvgIpc) is 2.85. The van der Waals surface area contributed by atoms with Gasteiger partial charge in [0.15, 0.2) is 17.5 Å². The topological polar surface area (TPSA) is 77.6 Å². The van der Waals surface area contributed by atoms with Gasteiger partial charge in [0.25, 0.3) is 0 Å². The highest BCUT2D eigenvalue weighted by Crippen LogP contribution is 2.27. The molecular weight excluding hydrogens is 382 g/mol. The summed E-state index contributed by atoms with van der Waals surface area (Å²) in [6, 6.07) is 21.9. The number of rotatable bonds is 4. The molecule has 0 saturated heterocycles. The number of aromatic nitrogens is 4. The maximum Gasteiger partial charge on any atom is 0.164 e. The van der Waals surface area contributed by atoms with E-state index in [1.54, 1.807) is 12.3 Å².